The third-order valence-corrected chi connectivity index (χ3v) is 1.76. The fourth-order valence-corrected chi connectivity index (χ4v) is 1.09. The van der Waals surface area contributed by atoms with E-state index in [1.165, 1.54) is 0 Å². The highest BCUT2D eigenvalue weighted by molar-refractivity contribution is 5.53. The first-order valence-electron chi connectivity index (χ1n) is 4.29. The molecule has 2 N–H and O–H groups in total. The van der Waals surface area contributed by atoms with Gasteiger partial charge in [-0.3, -0.25) is 9.78 Å². The van der Waals surface area contributed by atoms with E-state index in [0.717, 1.165) is 24.4 Å². The van der Waals surface area contributed by atoms with Crippen LogP contribution in [0.3, 0.4) is 0 Å². The lowest BCUT2D eigenvalue weighted by atomic mass is 10.3. The maximum atomic E-state index is 13.2. The Kier molecular flexibility index (Phi) is 2.59. The van der Waals surface area contributed by atoms with Gasteiger partial charge in [0.15, 0.2) is 0 Å². The van der Waals surface area contributed by atoms with Crippen molar-refractivity contribution < 1.29 is 8.78 Å². The summed E-state index contributed by atoms with van der Waals surface area (Å²) >= 11 is 0. The quantitative estimate of drug-likeness (QED) is 0.803. The van der Waals surface area contributed by atoms with E-state index in [9.17, 15) is 13.6 Å². The van der Waals surface area contributed by atoms with Crippen molar-refractivity contribution in [2.24, 2.45) is 0 Å². The number of rotatable bonds is 2. The van der Waals surface area contributed by atoms with Crippen LogP contribution in [0.2, 0.25) is 0 Å². The molecular weight excluding hydrogens is 218 g/mol. The van der Waals surface area contributed by atoms with Crippen molar-refractivity contribution in [1.82, 2.24) is 15.2 Å². The fourth-order valence-electron chi connectivity index (χ4n) is 1.09. The van der Waals surface area contributed by atoms with Gasteiger partial charge in [0.1, 0.15) is 17.8 Å². The van der Waals surface area contributed by atoms with Crippen molar-refractivity contribution in [2.75, 3.05) is 5.32 Å². The minimum atomic E-state index is -0.659. The molecule has 0 fully saturated rings. The monoisotopic (exact) mass is 224 g/mol. The van der Waals surface area contributed by atoms with E-state index in [2.05, 4.69) is 20.5 Å². The molecule has 7 heteroatoms. The SMILES string of the molecule is O=c1cnnc(Nc2cc(F)ccc2F)[nH]1. The number of aromatic nitrogens is 3. The molecule has 0 bridgehead atoms. The van der Waals surface area contributed by atoms with E-state index >= 15 is 0 Å². The summed E-state index contributed by atoms with van der Waals surface area (Å²) in [5, 5.41) is 9.27. The Morgan fingerprint density at radius 1 is 1.31 bits per heavy atom. The van der Waals surface area contributed by atoms with Crippen molar-refractivity contribution in [3.05, 3.63) is 46.4 Å². The van der Waals surface area contributed by atoms with Gasteiger partial charge in [-0.05, 0) is 12.1 Å². The van der Waals surface area contributed by atoms with Crippen LogP contribution in [0.4, 0.5) is 20.4 Å². The lowest BCUT2D eigenvalue weighted by molar-refractivity contribution is 0.603. The van der Waals surface area contributed by atoms with Gasteiger partial charge in [0.05, 0.1) is 5.69 Å². The van der Waals surface area contributed by atoms with Crippen LogP contribution in [0.1, 0.15) is 0 Å². The maximum Gasteiger partial charge on any atom is 0.271 e. The lowest BCUT2D eigenvalue weighted by Gasteiger charge is -2.04. The zero-order valence-electron chi connectivity index (χ0n) is 7.87. The summed E-state index contributed by atoms with van der Waals surface area (Å²) in [5.41, 5.74) is -0.620. The number of nitrogens with one attached hydrogen (secondary N) is 2. The third kappa shape index (κ3) is 2.19. The van der Waals surface area contributed by atoms with Gasteiger partial charge in [0, 0.05) is 6.07 Å². The maximum absolute atomic E-state index is 13.2. The van der Waals surface area contributed by atoms with Gasteiger partial charge in [-0.15, -0.1) is 10.2 Å². The molecule has 1 aromatic heterocycles. The van der Waals surface area contributed by atoms with E-state index in [1.807, 2.05) is 0 Å². The number of benzene rings is 1. The van der Waals surface area contributed by atoms with Gasteiger partial charge in [-0.1, -0.05) is 0 Å². The molecule has 0 saturated carbocycles. The molecule has 0 radical (unpaired) electrons. The topological polar surface area (TPSA) is 70.7 Å². The van der Waals surface area contributed by atoms with Crippen molar-refractivity contribution in [1.29, 1.82) is 0 Å². The van der Waals surface area contributed by atoms with Crippen molar-refractivity contribution >= 4 is 11.6 Å². The molecule has 0 aliphatic heterocycles. The van der Waals surface area contributed by atoms with E-state index in [4.69, 9.17) is 0 Å². The predicted octanol–water partition coefficient (Wildman–Crippen LogP) is 1.19. The summed E-state index contributed by atoms with van der Waals surface area (Å²) < 4.78 is 26.0. The Bertz CT molecular complexity index is 569. The average molecular weight is 224 g/mol. The Balaban J connectivity index is 2.33. The van der Waals surface area contributed by atoms with Gasteiger partial charge >= 0.3 is 0 Å². The second-order valence-electron chi connectivity index (χ2n) is 2.93. The molecule has 1 aromatic carbocycles. The van der Waals surface area contributed by atoms with Gasteiger partial charge in [-0.2, -0.15) is 0 Å². The van der Waals surface area contributed by atoms with Crippen LogP contribution in [-0.4, -0.2) is 15.2 Å². The second kappa shape index (κ2) is 4.05. The summed E-state index contributed by atoms with van der Waals surface area (Å²) in [4.78, 5) is 13.1. The largest absolute Gasteiger partial charge is 0.322 e. The third-order valence-electron chi connectivity index (χ3n) is 1.76. The number of H-pyrrole nitrogens is 1. The second-order valence-corrected chi connectivity index (χ2v) is 2.93. The highest BCUT2D eigenvalue weighted by Gasteiger charge is 2.05. The van der Waals surface area contributed by atoms with Gasteiger partial charge in [0.25, 0.3) is 5.56 Å². The standard InChI is InChI=1S/C9H6F2N4O/c10-5-1-2-6(11)7(3-5)13-9-14-8(16)4-12-15-9/h1-4H,(H2,13,14,15,16). The zero-order valence-corrected chi connectivity index (χ0v) is 7.87. The molecule has 0 aliphatic carbocycles. The smallest absolute Gasteiger partial charge is 0.271 e. The molecule has 0 atom stereocenters. The summed E-state index contributed by atoms with van der Waals surface area (Å²) in [6, 6.07) is 2.90. The predicted molar refractivity (Wildman–Crippen MR) is 52.3 cm³/mol. The Morgan fingerprint density at radius 3 is 2.88 bits per heavy atom. The van der Waals surface area contributed by atoms with E-state index in [1.54, 1.807) is 0 Å². The summed E-state index contributed by atoms with van der Waals surface area (Å²) in [6.45, 7) is 0. The summed E-state index contributed by atoms with van der Waals surface area (Å²) in [6.07, 6.45) is 0.965. The molecule has 0 saturated heterocycles. The van der Waals surface area contributed by atoms with Crippen molar-refractivity contribution in [2.45, 2.75) is 0 Å². The molecule has 0 spiro atoms. The number of aromatic amines is 1. The Morgan fingerprint density at radius 2 is 2.12 bits per heavy atom. The fraction of sp³-hybridized carbons (Fsp3) is 0. The van der Waals surface area contributed by atoms with Crippen LogP contribution in [0.15, 0.2) is 29.2 Å². The van der Waals surface area contributed by atoms with Gasteiger partial charge in [-0.25, -0.2) is 8.78 Å². The van der Waals surface area contributed by atoms with E-state index in [-0.39, 0.29) is 11.6 Å². The number of anilines is 2. The highest BCUT2D eigenvalue weighted by atomic mass is 19.1. The minimum absolute atomic E-state index is 0.0583. The molecule has 2 rings (SSSR count). The first-order chi connectivity index (χ1) is 7.65. The molecule has 82 valence electrons. The molecule has 0 unspecified atom stereocenters. The van der Waals surface area contributed by atoms with Crippen LogP contribution in [0.25, 0.3) is 0 Å². The first-order valence-corrected chi connectivity index (χ1v) is 4.29. The Hall–Kier alpha value is -2.31. The molecule has 0 aliphatic rings. The lowest BCUT2D eigenvalue weighted by Crippen LogP contribution is -2.11. The van der Waals surface area contributed by atoms with Gasteiger partial charge in [0.2, 0.25) is 5.95 Å². The average Bonchev–Trinajstić information content (AvgIpc) is 2.24. The molecule has 5 nitrogen and oxygen atoms in total. The molecule has 2 aromatic rings. The number of nitrogens with zero attached hydrogens (tertiary/aromatic N) is 2. The highest BCUT2D eigenvalue weighted by Crippen LogP contribution is 2.17. The van der Waals surface area contributed by atoms with E-state index < -0.39 is 17.2 Å². The summed E-state index contributed by atoms with van der Waals surface area (Å²) in [7, 11) is 0. The van der Waals surface area contributed by atoms with Crippen LogP contribution < -0.4 is 10.9 Å². The zero-order chi connectivity index (χ0) is 11.5. The molecular formula is C9H6F2N4O. The van der Waals surface area contributed by atoms with E-state index in [0.29, 0.717) is 0 Å². The molecule has 1 heterocycles. The number of hydrogen-bond acceptors (Lipinski definition) is 4. The number of halogens is 2. The number of hydrogen-bond donors (Lipinski definition) is 2. The Labute approximate surface area is 88.2 Å². The van der Waals surface area contributed by atoms with Crippen LogP contribution in [-0.2, 0) is 0 Å². The molecule has 16 heavy (non-hydrogen) atoms. The van der Waals surface area contributed by atoms with Gasteiger partial charge < -0.3 is 5.32 Å². The molecule has 0 amide bonds. The summed E-state index contributed by atoms with van der Waals surface area (Å²) in [5.74, 6) is -1.32. The van der Waals surface area contributed by atoms with Crippen molar-refractivity contribution in [3.8, 4) is 0 Å². The first kappa shape index (κ1) is 10.2. The van der Waals surface area contributed by atoms with Crippen LogP contribution >= 0.6 is 0 Å². The van der Waals surface area contributed by atoms with Crippen molar-refractivity contribution in [3.63, 3.8) is 0 Å². The van der Waals surface area contributed by atoms with Crippen LogP contribution in [0, 0.1) is 11.6 Å². The normalized spacial score (nSPS) is 10.1. The van der Waals surface area contributed by atoms with Crippen LogP contribution in [0.5, 0.6) is 0 Å². The minimum Gasteiger partial charge on any atom is -0.322 e.